The van der Waals surface area contributed by atoms with Crippen LogP contribution in [0.5, 0.6) is 0 Å². The molecule has 5 amide bonds. The van der Waals surface area contributed by atoms with Crippen molar-refractivity contribution in [1.82, 2.24) is 26.5 Å². The number of para-hydroxylation sites is 2. The number of halogens is 10. The van der Waals surface area contributed by atoms with Gasteiger partial charge in [0.25, 0.3) is 0 Å². The van der Waals surface area contributed by atoms with Crippen molar-refractivity contribution in [1.29, 1.82) is 0 Å². The van der Waals surface area contributed by atoms with E-state index in [2.05, 4.69) is 20.9 Å². The normalized spacial score (nSPS) is 18.3. The second-order valence-corrected chi connectivity index (χ2v) is 50.0. The number of ether oxygens (including phenoxy) is 5. The number of carbonyl (C=O) groups excluding carboxylic acids is 5. The number of aryl methyl sites for hydroxylation is 1. The van der Waals surface area contributed by atoms with Crippen LogP contribution in [0.2, 0.25) is 45.3 Å². The van der Waals surface area contributed by atoms with Crippen molar-refractivity contribution in [2.75, 3.05) is 89.9 Å². The summed E-state index contributed by atoms with van der Waals surface area (Å²) in [4.78, 5) is 74.9. The van der Waals surface area contributed by atoms with E-state index in [0.717, 1.165) is 72.9 Å². The van der Waals surface area contributed by atoms with Crippen LogP contribution < -0.4 is 24.5 Å². The Hall–Kier alpha value is -9.66. The van der Waals surface area contributed by atoms with Gasteiger partial charge in [-0.1, -0.05) is 189 Å². The average molecular weight is 2340 g/mol. The van der Waals surface area contributed by atoms with Gasteiger partial charge >= 0.3 is 30.5 Å². The van der Waals surface area contributed by atoms with Gasteiger partial charge in [-0.2, -0.15) is 21.5 Å². The Bertz CT molecular complexity index is 7450. The fraction of sp³-hybridized carbons (Fsp3) is 0.307. The molecule has 5 fully saturated rings. The van der Waals surface area contributed by atoms with E-state index in [1.807, 2.05) is 97.9 Å². The molecule has 10 aromatic carbocycles. The Kier molecular flexibility index (Phi) is 34.2. The molecule has 774 valence electrons. The first-order valence-corrected chi connectivity index (χ1v) is 58.1. The van der Waals surface area contributed by atoms with Crippen molar-refractivity contribution in [2.45, 2.75) is 159 Å². The maximum Gasteiger partial charge on any atom is 0.414 e. The highest BCUT2D eigenvalue weighted by Crippen LogP contribution is 2.44. The second kappa shape index (κ2) is 46.3. The average Bonchev–Trinajstić information content (AvgIpc) is 0.761. The summed E-state index contributed by atoms with van der Waals surface area (Å²) < 4.78 is 164. The summed E-state index contributed by atoms with van der Waals surface area (Å²) in [5.41, 5.74) is 11.5. The monoisotopic (exact) mass is 2340 g/mol. The minimum absolute atomic E-state index is 0.0116. The Balaban J connectivity index is 0.000000126. The highest BCUT2D eigenvalue weighted by Gasteiger charge is 2.46. The number of hydrogen-bond acceptors (Lipinski definition) is 21. The third-order valence-corrected chi connectivity index (χ3v) is 40.1. The molecule has 0 N–H and O–H groups in total. The number of pyridine rings is 1. The zero-order valence-electron chi connectivity index (χ0n) is 78.3. The molecule has 11 heterocycles. The van der Waals surface area contributed by atoms with Gasteiger partial charge in [-0.25, -0.2) is 71.0 Å². The van der Waals surface area contributed by atoms with Crippen molar-refractivity contribution >= 4 is 229 Å². The minimum Gasteiger partial charge on any atom is -0.444 e. The molecule has 10 aliphatic rings. The van der Waals surface area contributed by atoms with Crippen LogP contribution in [-0.4, -0.2) is 195 Å². The summed E-state index contributed by atoms with van der Waals surface area (Å²) in [6.07, 6.45) is 4.28. The predicted octanol–water partition coefficient (Wildman–Crippen LogP) is 23.0. The number of fused-ring (bicyclic) bond motifs is 5. The van der Waals surface area contributed by atoms with E-state index >= 15 is 0 Å². The molecule has 147 heavy (non-hydrogen) atoms. The minimum atomic E-state index is -3.82. The van der Waals surface area contributed by atoms with Crippen molar-refractivity contribution in [3.63, 3.8) is 0 Å². The van der Waals surface area contributed by atoms with Crippen LogP contribution in [0.1, 0.15) is 97.6 Å². The SMILES string of the molecule is Cc1cccc2c1N(C1CCN(S(=O)(=O)c3c(Cl)cccc3Cl)CC1)C(=O)OC2.O=C1OCc2cc(Cl)ccc2N1C1CCN(S(=O)(=O)c2cc(Cl)ccc2Cl)CC1.O=C1OCc2cc(Cl)ccc2N1C1CCN(S(=O)(=O)c2ccc(Cl)cc2)CC1.O=C1OCc2cc(Cl)ccc2N1C1CCN(S(=O)(=O)c2cnc(Cl)c(Br)c2)CC1.O=C1OCc2ccccc2N1C1CCN(S(=O)(=O)c2ccc(-c3ccccc3)cc2)CC1. The Morgan fingerprint density at radius 1 is 0.293 bits per heavy atom. The molecule has 0 bridgehead atoms. The Morgan fingerprint density at radius 3 is 1.04 bits per heavy atom. The molecule has 0 radical (unpaired) electrons. The van der Waals surface area contributed by atoms with Gasteiger partial charge in [0.05, 0.1) is 57.8 Å². The van der Waals surface area contributed by atoms with Crippen LogP contribution in [0.25, 0.3) is 11.1 Å². The number of cyclic esters (lactones) is 5. The maximum atomic E-state index is 13.2. The van der Waals surface area contributed by atoms with E-state index in [1.165, 1.54) is 70.2 Å². The van der Waals surface area contributed by atoms with Crippen LogP contribution in [0, 0.1) is 6.92 Å². The molecule has 21 rings (SSSR count). The fourth-order valence-electron chi connectivity index (χ4n) is 19.4. The number of sulfonamides is 5. The summed E-state index contributed by atoms with van der Waals surface area (Å²) in [5.74, 6) is 0. The van der Waals surface area contributed by atoms with Gasteiger partial charge < -0.3 is 23.7 Å². The fourth-order valence-corrected chi connectivity index (χ4v) is 29.9. The first-order valence-electron chi connectivity index (χ1n) is 46.7. The molecule has 0 unspecified atom stereocenters. The number of aromatic nitrogens is 1. The molecule has 0 atom stereocenters. The van der Waals surface area contributed by atoms with Crippen molar-refractivity contribution in [3.8, 4) is 11.1 Å². The highest BCUT2D eigenvalue weighted by molar-refractivity contribution is 9.10. The molecular formula is C101H95BrCl9N11O20S5. The molecule has 0 saturated carbocycles. The Labute approximate surface area is 905 Å². The quantitative estimate of drug-likeness (QED) is 0.0640. The number of rotatable bonds is 16. The lowest BCUT2D eigenvalue weighted by Gasteiger charge is -2.40. The van der Waals surface area contributed by atoms with E-state index in [-0.39, 0.29) is 155 Å². The van der Waals surface area contributed by atoms with Crippen LogP contribution >= 0.6 is 120 Å². The lowest BCUT2D eigenvalue weighted by Crippen LogP contribution is -2.50. The van der Waals surface area contributed by atoms with Crippen LogP contribution in [0.4, 0.5) is 52.4 Å². The van der Waals surface area contributed by atoms with E-state index in [1.54, 1.807) is 109 Å². The second-order valence-electron chi connectivity index (χ2n) is 35.7. The summed E-state index contributed by atoms with van der Waals surface area (Å²) in [7, 11) is -18.5. The van der Waals surface area contributed by atoms with Crippen molar-refractivity contribution in [3.05, 3.63) is 308 Å². The van der Waals surface area contributed by atoms with Crippen LogP contribution in [0.15, 0.2) is 254 Å². The zero-order valence-corrected chi connectivity index (χ0v) is 90.8. The van der Waals surface area contributed by atoms with Gasteiger partial charge in [0.15, 0.2) is 0 Å². The van der Waals surface area contributed by atoms with E-state index in [4.69, 9.17) is 128 Å². The van der Waals surface area contributed by atoms with Crippen LogP contribution in [-0.2, 0) is 107 Å². The van der Waals surface area contributed by atoms with Gasteiger partial charge in [-0.05, 0) is 237 Å². The number of hydrogen-bond donors (Lipinski definition) is 0. The molecule has 1 aromatic heterocycles. The third-order valence-electron chi connectivity index (χ3n) is 26.9. The molecule has 31 nitrogen and oxygen atoms in total. The smallest absolute Gasteiger partial charge is 0.414 e. The van der Waals surface area contributed by atoms with E-state index in [0.29, 0.717) is 125 Å². The molecule has 5 saturated heterocycles. The molecule has 0 aliphatic carbocycles. The first kappa shape index (κ1) is 109. The van der Waals surface area contributed by atoms with Crippen LogP contribution in [0.3, 0.4) is 0 Å². The third kappa shape index (κ3) is 23.8. The largest absolute Gasteiger partial charge is 0.444 e. The number of piperidine rings is 5. The lowest BCUT2D eigenvalue weighted by molar-refractivity contribution is 0.135. The number of amides is 5. The molecule has 10 aliphatic heterocycles. The van der Waals surface area contributed by atoms with Gasteiger partial charge in [0, 0.05) is 155 Å². The van der Waals surface area contributed by atoms with Gasteiger partial charge in [0.1, 0.15) is 52.9 Å². The summed E-state index contributed by atoms with van der Waals surface area (Å²) in [5, 5.41) is 3.04. The lowest BCUT2D eigenvalue weighted by atomic mass is 10.00. The van der Waals surface area contributed by atoms with E-state index in [9.17, 15) is 66.1 Å². The molecular weight excluding hydrogens is 2250 g/mol. The van der Waals surface area contributed by atoms with Gasteiger partial charge in [0.2, 0.25) is 50.1 Å². The number of carbonyl (C=O) groups is 5. The van der Waals surface area contributed by atoms with Gasteiger partial charge in [-0.3, -0.25) is 24.5 Å². The maximum absolute atomic E-state index is 13.2. The van der Waals surface area contributed by atoms with Crippen molar-refractivity contribution in [2.24, 2.45) is 0 Å². The summed E-state index contributed by atoms with van der Waals surface area (Å²) in [6.45, 7) is 5.98. The number of nitrogens with zero attached hydrogens (tertiary/aromatic N) is 11. The summed E-state index contributed by atoms with van der Waals surface area (Å²) in [6, 6.07) is 62.3. The molecule has 46 heteroatoms. The number of anilines is 5. The summed E-state index contributed by atoms with van der Waals surface area (Å²) >= 11 is 57.3. The predicted molar refractivity (Wildman–Crippen MR) is 567 cm³/mol. The molecule has 11 aromatic rings. The number of benzene rings is 10. The van der Waals surface area contributed by atoms with E-state index < -0.39 is 68.4 Å². The Morgan fingerprint density at radius 2 is 0.612 bits per heavy atom. The zero-order chi connectivity index (χ0) is 104. The first-order chi connectivity index (χ1) is 70.2. The standard InChI is InChI=1S/C25H24N2O4S.C20H20Cl2N2O4S.C19H17Cl3N2O4S.C19H18Cl2N2O4S.C18H16BrCl2N3O4S/c28-25-27(24-9-5-4-8-21(24)18-31-25)22-14-16-26(17-15-22)32(29,30)23-12-10-20(11-13-23)19-6-2-1-3-7-19;1-13-4-2-5-14-12-28-20(25)24(18(13)14)15-8-10-23(11-9-15)29(26,27)19-16(21)6-3-7-17(19)22;20-13-2-4-17-12(9-13)11-28-19(25)24(17)15-5-7-23(8-6-15)29(26,27)18-10-14(21)1-3-16(18)22;20-14-1-4-17(5-2-14)28(25,26)22-9-7-16(8-10-22)23-18-6-3-15(21)11-13(18)12-27-19(23)24;19-15-8-14(9-22-17(15)21)29(26,27)23-5-3-13(4-6-23)24-16-2-1-12(20)7-11(16)10-28-18(24)25/h1-13,22H,14-18H2;2-7,15H,8-12H2,1H3;1-4,9-10,15H,5-8,11H2;1-6,11,16H,7-10,12H2;1-2,7-9,13H,3-6,10H2. The van der Waals surface area contributed by atoms with Gasteiger partial charge in [-0.15, -0.1) is 0 Å². The highest BCUT2D eigenvalue weighted by atomic mass is 79.9. The van der Waals surface area contributed by atoms with Crippen molar-refractivity contribution < 1.29 is 89.7 Å². The molecule has 0 spiro atoms. The topological polar surface area (TPSA) is 347 Å².